The number of aliphatic carboxylic acids is 1. The number of benzene rings is 1. The van der Waals surface area contributed by atoms with E-state index in [-0.39, 0.29) is 0 Å². The predicted molar refractivity (Wildman–Crippen MR) is 61.3 cm³/mol. The lowest BCUT2D eigenvalue weighted by Gasteiger charge is -2.09. The van der Waals surface area contributed by atoms with E-state index in [1.807, 2.05) is 24.4 Å². The number of hydrogen-bond acceptors (Lipinski definition) is 1. The first-order chi connectivity index (χ1) is 7.70. The van der Waals surface area contributed by atoms with Gasteiger partial charge in [0, 0.05) is 11.7 Å². The highest BCUT2D eigenvalue weighted by atomic mass is 16.4. The zero-order valence-electron chi connectivity index (χ0n) is 8.86. The first-order valence-corrected chi connectivity index (χ1v) is 5.49. The topological polar surface area (TPSA) is 53.1 Å². The first kappa shape index (κ1) is 9.46. The van der Waals surface area contributed by atoms with Crippen LogP contribution in [-0.2, 0) is 11.2 Å². The molecule has 1 aromatic carbocycles. The van der Waals surface area contributed by atoms with Gasteiger partial charge < -0.3 is 10.1 Å². The summed E-state index contributed by atoms with van der Waals surface area (Å²) in [4.78, 5) is 14.2. The Morgan fingerprint density at radius 1 is 1.38 bits per heavy atom. The van der Waals surface area contributed by atoms with Gasteiger partial charge in [-0.05, 0) is 42.3 Å². The van der Waals surface area contributed by atoms with Gasteiger partial charge in [-0.25, -0.2) is 0 Å². The van der Waals surface area contributed by atoms with Crippen LogP contribution in [-0.4, -0.2) is 16.1 Å². The van der Waals surface area contributed by atoms with Crippen molar-refractivity contribution in [2.45, 2.75) is 19.3 Å². The summed E-state index contributed by atoms with van der Waals surface area (Å²) in [6.07, 6.45) is 4.17. The summed E-state index contributed by atoms with van der Waals surface area (Å²) in [5.74, 6) is -0.654. The average molecular weight is 215 g/mol. The Hall–Kier alpha value is -1.77. The normalized spacial score (nSPS) is 17.5. The summed E-state index contributed by atoms with van der Waals surface area (Å²) in [6, 6.07) is 8.14. The monoisotopic (exact) mass is 215 g/mol. The highest BCUT2D eigenvalue weighted by Gasteiger charge is 2.49. The van der Waals surface area contributed by atoms with Gasteiger partial charge >= 0.3 is 5.97 Å². The number of carbonyl (C=O) groups is 1. The standard InChI is InChI=1S/C13H13NO2/c15-12(16)13(4-5-13)8-9-1-2-10-3-6-14-11(10)7-9/h1-3,6-7,14H,4-5,8H2,(H,15,16). The van der Waals surface area contributed by atoms with Gasteiger partial charge in [0.1, 0.15) is 0 Å². The van der Waals surface area contributed by atoms with Gasteiger partial charge in [-0.1, -0.05) is 12.1 Å². The highest BCUT2D eigenvalue weighted by molar-refractivity contribution is 5.81. The molecular formula is C13H13NO2. The molecule has 3 rings (SSSR count). The van der Waals surface area contributed by atoms with Gasteiger partial charge in [0.25, 0.3) is 0 Å². The SMILES string of the molecule is O=C(O)C1(Cc2ccc3cc[nH]c3c2)CC1. The fourth-order valence-electron chi connectivity index (χ4n) is 2.21. The number of carboxylic acids is 1. The molecule has 0 radical (unpaired) electrons. The predicted octanol–water partition coefficient (Wildman–Crippen LogP) is 2.58. The van der Waals surface area contributed by atoms with Crippen LogP contribution in [0.1, 0.15) is 18.4 Å². The molecule has 2 N–H and O–H groups in total. The van der Waals surface area contributed by atoms with Crippen molar-refractivity contribution in [2.75, 3.05) is 0 Å². The molecule has 1 aliphatic carbocycles. The summed E-state index contributed by atoms with van der Waals surface area (Å²) in [5.41, 5.74) is 1.72. The zero-order chi connectivity index (χ0) is 11.2. The first-order valence-electron chi connectivity index (χ1n) is 5.49. The molecule has 0 aliphatic heterocycles. The third kappa shape index (κ3) is 1.40. The van der Waals surface area contributed by atoms with E-state index in [0.29, 0.717) is 6.42 Å². The minimum Gasteiger partial charge on any atom is -0.481 e. The maximum atomic E-state index is 11.1. The molecule has 0 spiro atoms. The summed E-state index contributed by atoms with van der Waals surface area (Å²) in [7, 11) is 0. The Morgan fingerprint density at radius 2 is 2.19 bits per heavy atom. The Bertz CT molecular complexity index is 552. The minimum absolute atomic E-state index is 0.472. The van der Waals surface area contributed by atoms with Crippen molar-refractivity contribution in [3.63, 3.8) is 0 Å². The van der Waals surface area contributed by atoms with Crippen LogP contribution < -0.4 is 0 Å². The summed E-state index contributed by atoms with van der Waals surface area (Å²) in [5, 5.41) is 10.3. The number of fused-ring (bicyclic) bond motifs is 1. The van der Waals surface area contributed by atoms with Crippen molar-refractivity contribution >= 4 is 16.9 Å². The van der Waals surface area contributed by atoms with Crippen LogP contribution in [0.5, 0.6) is 0 Å². The smallest absolute Gasteiger partial charge is 0.309 e. The molecule has 1 saturated carbocycles. The molecule has 16 heavy (non-hydrogen) atoms. The van der Waals surface area contributed by atoms with Gasteiger partial charge in [0.15, 0.2) is 0 Å². The molecule has 1 aromatic heterocycles. The number of H-pyrrole nitrogens is 1. The van der Waals surface area contributed by atoms with Crippen LogP contribution in [0.25, 0.3) is 10.9 Å². The van der Waals surface area contributed by atoms with Crippen LogP contribution in [0.15, 0.2) is 30.5 Å². The van der Waals surface area contributed by atoms with Gasteiger partial charge in [0.05, 0.1) is 5.41 Å². The lowest BCUT2D eigenvalue weighted by molar-refractivity contribution is -0.143. The van der Waals surface area contributed by atoms with E-state index in [9.17, 15) is 4.79 Å². The summed E-state index contributed by atoms with van der Waals surface area (Å²) in [6.45, 7) is 0. The van der Waals surface area contributed by atoms with Crippen molar-refractivity contribution in [1.29, 1.82) is 0 Å². The Balaban J connectivity index is 1.92. The van der Waals surface area contributed by atoms with Crippen molar-refractivity contribution < 1.29 is 9.90 Å². The average Bonchev–Trinajstić information content (AvgIpc) is 2.90. The molecule has 3 nitrogen and oxygen atoms in total. The van der Waals surface area contributed by atoms with E-state index in [2.05, 4.69) is 11.1 Å². The zero-order valence-corrected chi connectivity index (χ0v) is 8.86. The third-order valence-electron chi connectivity index (χ3n) is 3.47. The molecule has 0 saturated heterocycles. The largest absolute Gasteiger partial charge is 0.481 e. The fraction of sp³-hybridized carbons (Fsp3) is 0.308. The van der Waals surface area contributed by atoms with Crippen LogP contribution >= 0.6 is 0 Å². The lowest BCUT2D eigenvalue weighted by Crippen LogP contribution is -2.17. The van der Waals surface area contributed by atoms with Crippen LogP contribution in [0.3, 0.4) is 0 Å². The van der Waals surface area contributed by atoms with Crippen LogP contribution in [0.2, 0.25) is 0 Å². The molecule has 0 bridgehead atoms. The molecular weight excluding hydrogens is 202 g/mol. The van der Waals surface area contributed by atoms with Crippen LogP contribution in [0, 0.1) is 5.41 Å². The summed E-state index contributed by atoms with van der Waals surface area (Å²) >= 11 is 0. The van der Waals surface area contributed by atoms with E-state index in [1.54, 1.807) is 0 Å². The summed E-state index contributed by atoms with van der Waals surface area (Å²) < 4.78 is 0. The van der Waals surface area contributed by atoms with E-state index < -0.39 is 11.4 Å². The molecule has 0 atom stereocenters. The minimum atomic E-state index is -0.654. The molecule has 1 aliphatic rings. The molecule has 1 heterocycles. The molecule has 0 amide bonds. The number of carboxylic acid groups (broad SMARTS) is 1. The fourth-order valence-corrected chi connectivity index (χ4v) is 2.21. The number of nitrogens with one attached hydrogen (secondary N) is 1. The number of aromatic nitrogens is 1. The molecule has 3 heteroatoms. The van der Waals surface area contributed by atoms with Gasteiger partial charge in [-0.2, -0.15) is 0 Å². The molecule has 82 valence electrons. The van der Waals surface area contributed by atoms with Gasteiger partial charge in [-0.15, -0.1) is 0 Å². The molecule has 1 fully saturated rings. The quantitative estimate of drug-likeness (QED) is 0.826. The lowest BCUT2D eigenvalue weighted by atomic mass is 9.96. The van der Waals surface area contributed by atoms with Crippen LogP contribution in [0.4, 0.5) is 0 Å². The van der Waals surface area contributed by atoms with E-state index in [4.69, 9.17) is 5.11 Å². The van der Waals surface area contributed by atoms with Crippen molar-refractivity contribution in [1.82, 2.24) is 4.98 Å². The van der Waals surface area contributed by atoms with Gasteiger partial charge in [-0.3, -0.25) is 4.79 Å². The van der Waals surface area contributed by atoms with Crippen molar-refractivity contribution in [3.8, 4) is 0 Å². The second kappa shape index (κ2) is 3.11. The maximum absolute atomic E-state index is 11.1. The van der Waals surface area contributed by atoms with E-state index >= 15 is 0 Å². The van der Waals surface area contributed by atoms with Gasteiger partial charge in [0.2, 0.25) is 0 Å². The molecule has 2 aromatic rings. The third-order valence-corrected chi connectivity index (χ3v) is 3.47. The Kier molecular flexibility index (Phi) is 1.84. The highest BCUT2D eigenvalue weighted by Crippen LogP contribution is 2.48. The number of rotatable bonds is 3. The van der Waals surface area contributed by atoms with E-state index in [1.165, 1.54) is 5.39 Å². The van der Waals surface area contributed by atoms with E-state index in [0.717, 1.165) is 23.9 Å². The number of aromatic amines is 1. The van der Waals surface area contributed by atoms with Crippen molar-refractivity contribution in [3.05, 3.63) is 36.0 Å². The maximum Gasteiger partial charge on any atom is 0.309 e. The second-order valence-electron chi connectivity index (χ2n) is 4.66. The Labute approximate surface area is 93.1 Å². The molecule has 0 unspecified atom stereocenters. The Morgan fingerprint density at radius 3 is 2.88 bits per heavy atom. The van der Waals surface area contributed by atoms with Crippen molar-refractivity contribution in [2.24, 2.45) is 5.41 Å². The second-order valence-corrected chi connectivity index (χ2v) is 4.66. The number of hydrogen-bond donors (Lipinski definition) is 2.